The van der Waals surface area contributed by atoms with Crippen LogP contribution in [0.2, 0.25) is 0 Å². The van der Waals surface area contributed by atoms with Gasteiger partial charge in [0.15, 0.2) is 6.61 Å². The van der Waals surface area contributed by atoms with Crippen LogP contribution in [0.3, 0.4) is 0 Å². The van der Waals surface area contributed by atoms with Crippen molar-refractivity contribution in [2.45, 2.75) is 19.9 Å². The number of benzene rings is 3. The largest absolute Gasteiger partial charge is 0.452 e. The summed E-state index contributed by atoms with van der Waals surface area (Å²) in [6.45, 7) is 3.42. The fourth-order valence-corrected chi connectivity index (χ4v) is 3.10. The summed E-state index contributed by atoms with van der Waals surface area (Å²) in [5.41, 5.74) is 3.33. The molecule has 3 aromatic carbocycles. The quantitative estimate of drug-likeness (QED) is 0.420. The van der Waals surface area contributed by atoms with Crippen LogP contribution in [0.4, 0.5) is 17.1 Å². The summed E-state index contributed by atoms with van der Waals surface area (Å²) < 4.78 is 5.19. The minimum Gasteiger partial charge on any atom is -0.452 e. The normalized spacial score (nSPS) is 10.4. The molecule has 1 N–H and O–H groups in total. The highest BCUT2D eigenvalue weighted by Crippen LogP contribution is 2.23. The molecule has 0 aromatic heterocycles. The number of esters is 1. The van der Waals surface area contributed by atoms with Gasteiger partial charge in [0.2, 0.25) is 0 Å². The molecule has 31 heavy (non-hydrogen) atoms. The van der Waals surface area contributed by atoms with Crippen LogP contribution in [-0.2, 0) is 9.53 Å². The van der Waals surface area contributed by atoms with E-state index in [0.29, 0.717) is 17.5 Å². The zero-order valence-corrected chi connectivity index (χ0v) is 17.4. The van der Waals surface area contributed by atoms with Gasteiger partial charge in [0.05, 0.1) is 5.56 Å². The van der Waals surface area contributed by atoms with Crippen LogP contribution in [-0.4, -0.2) is 30.8 Å². The average Bonchev–Trinajstić information content (AvgIpc) is 2.79. The lowest BCUT2D eigenvalue weighted by Crippen LogP contribution is -2.39. The van der Waals surface area contributed by atoms with Crippen molar-refractivity contribution in [3.05, 3.63) is 90.0 Å². The van der Waals surface area contributed by atoms with Crippen molar-refractivity contribution in [2.24, 2.45) is 0 Å². The van der Waals surface area contributed by atoms with Gasteiger partial charge in [0.1, 0.15) is 6.29 Å². The third-order valence-electron chi connectivity index (χ3n) is 4.60. The molecule has 158 valence electrons. The van der Waals surface area contributed by atoms with Gasteiger partial charge < -0.3 is 15.0 Å². The second kappa shape index (κ2) is 10.2. The van der Waals surface area contributed by atoms with Crippen LogP contribution >= 0.6 is 0 Å². The van der Waals surface area contributed by atoms with Crippen LogP contribution in [0.25, 0.3) is 0 Å². The molecule has 0 saturated heterocycles. The van der Waals surface area contributed by atoms with E-state index in [4.69, 9.17) is 4.74 Å². The predicted octanol–water partition coefficient (Wildman–Crippen LogP) is 4.84. The third-order valence-corrected chi connectivity index (χ3v) is 4.60. The number of hydrogen-bond donors (Lipinski definition) is 1. The Morgan fingerprint density at radius 2 is 1.52 bits per heavy atom. The van der Waals surface area contributed by atoms with E-state index in [2.05, 4.69) is 5.32 Å². The van der Waals surface area contributed by atoms with Crippen LogP contribution < -0.4 is 10.2 Å². The van der Waals surface area contributed by atoms with E-state index in [0.717, 1.165) is 11.4 Å². The van der Waals surface area contributed by atoms with Crippen molar-refractivity contribution in [2.75, 3.05) is 16.8 Å². The third kappa shape index (κ3) is 5.79. The van der Waals surface area contributed by atoms with Crippen molar-refractivity contribution < 1.29 is 19.1 Å². The number of anilines is 3. The Hall–Kier alpha value is -3.93. The lowest BCUT2D eigenvalue weighted by atomic mass is 10.1. The minimum absolute atomic E-state index is 0.119. The van der Waals surface area contributed by atoms with Gasteiger partial charge in [-0.15, -0.1) is 0 Å². The number of hydrogen-bond acceptors (Lipinski definition) is 5. The fraction of sp³-hybridized carbons (Fsp3) is 0.160. The first-order chi connectivity index (χ1) is 15.0. The van der Waals surface area contributed by atoms with E-state index in [-0.39, 0.29) is 24.1 Å². The summed E-state index contributed by atoms with van der Waals surface area (Å²) in [7, 11) is 0. The number of ether oxygens (including phenoxy) is 1. The maximum Gasteiger partial charge on any atom is 0.338 e. The average molecular weight is 416 g/mol. The summed E-state index contributed by atoms with van der Waals surface area (Å²) in [5, 5.41) is 3.30. The molecule has 0 spiro atoms. The lowest BCUT2D eigenvalue weighted by molar-refractivity contribution is -0.122. The first-order valence-electron chi connectivity index (χ1n) is 9.94. The number of carbonyl (C=O) groups is 3. The van der Waals surface area contributed by atoms with E-state index in [9.17, 15) is 14.4 Å². The van der Waals surface area contributed by atoms with E-state index in [1.807, 2.05) is 68.4 Å². The summed E-state index contributed by atoms with van der Waals surface area (Å²) in [6, 6.07) is 23.2. The molecular formula is C25H24N2O4. The molecule has 0 atom stereocenters. The van der Waals surface area contributed by atoms with Crippen LogP contribution in [0.1, 0.15) is 34.6 Å². The van der Waals surface area contributed by atoms with Crippen molar-refractivity contribution in [1.82, 2.24) is 0 Å². The number of rotatable bonds is 8. The molecule has 0 aliphatic carbocycles. The second-order valence-corrected chi connectivity index (χ2v) is 7.21. The van der Waals surface area contributed by atoms with Crippen LogP contribution in [0.5, 0.6) is 0 Å². The highest BCUT2D eigenvalue weighted by Gasteiger charge is 2.21. The van der Waals surface area contributed by atoms with Crippen LogP contribution in [0.15, 0.2) is 78.9 Å². The smallest absolute Gasteiger partial charge is 0.338 e. The molecule has 0 unspecified atom stereocenters. The molecule has 0 aliphatic heterocycles. The summed E-state index contributed by atoms with van der Waals surface area (Å²) >= 11 is 0. The highest BCUT2D eigenvalue weighted by atomic mass is 16.5. The highest BCUT2D eigenvalue weighted by molar-refractivity contribution is 5.97. The molecular weight excluding hydrogens is 392 g/mol. The Balaban J connectivity index is 1.64. The molecule has 6 nitrogen and oxygen atoms in total. The summed E-state index contributed by atoms with van der Waals surface area (Å²) in [4.78, 5) is 37.3. The molecule has 3 aromatic rings. The standard InChI is InChI=1S/C25H24N2O4/c1-18(2)27(23-14-12-22(13-15-23)26-21-6-4-3-5-7-21)24(29)17-31-25(30)20-10-8-19(16-28)9-11-20/h3-16,18,26H,17H2,1-2H3. The minimum atomic E-state index is -0.614. The summed E-state index contributed by atoms with van der Waals surface area (Å²) in [6.07, 6.45) is 0.694. The van der Waals surface area contributed by atoms with Crippen molar-refractivity contribution in [3.63, 3.8) is 0 Å². The van der Waals surface area contributed by atoms with E-state index >= 15 is 0 Å². The second-order valence-electron chi connectivity index (χ2n) is 7.21. The molecule has 0 heterocycles. The van der Waals surface area contributed by atoms with Gasteiger partial charge in [-0.25, -0.2) is 4.79 Å². The van der Waals surface area contributed by atoms with Gasteiger partial charge in [-0.3, -0.25) is 9.59 Å². The van der Waals surface area contributed by atoms with Crippen molar-refractivity contribution >= 4 is 35.2 Å². The maximum atomic E-state index is 12.8. The van der Waals surface area contributed by atoms with Gasteiger partial charge in [0, 0.05) is 28.7 Å². The molecule has 1 amide bonds. The maximum absolute atomic E-state index is 12.8. The van der Waals surface area contributed by atoms with Gasteiger partial charge >= 0.3 is 5.97 Å². The SMILES string of the molecule is CC(C)N(C(=O)COC(=O)c1ccc(C=O)cc1)c1ccc(Nc2ccccc2)cc1. The first kappa shape index (κ1) is 21.8. The predicted molar refractivity (Wildman–Crippen MR) is 121 cm³/mol. The van der Waals surface area contributed by atoms with Gasteiger partial charge in [-0.05, 0) is 62.4 Å². The van der Waals surface area contributed by atoms with Gasteiger partial charge in [-0.2, -0.15) is 0 Å². The lowest BCUT2D eigenvalue weighted by Gasteiger charge is -2.27. The number of amides is 1. The van der Waals surface area contributed by atoms with E-state index < -0.39 is 5.97 Å². The number of aldehydes is 1. The Morgan fingerprint density at radius 3 is 2.10 bits per heavy atom. The molecule has 0 aliphatic rings. The molecule has 0 saturated carbocycles. The zero-order chi connectivity index (χ0) is 22.2. The Labute approximate surface area is 181 Å². The topological polar surface area (TPSA) is 75.7 Å². The molecule has 0 radical (unpaired) electrons. The van der Waals surface area contributed by atoms with Crippen molar-refractivity contribution in [1.29, 1.82) is 0 Å². The van der Waals surface area contributed by atoms with Gasteiger partial charge in [-0.1, -0.05) is 30.3 Å². The number of carbonyl (C=O) groups excluding carboxylic acids is 3. The Morgan fingerprint density at radius 1 is 0.903 bits per heavy atom. The number of nitrogens with zero attached hydrogens (tertiary/aromatic N) is 1. The van der Waals surface area contributed by atoms with Gasteiger partial charge in [0.25, 0.3) is 5.91 Å². The Kier molecular flexibility index (Phi) is 7.17. The van der Waals surface area contributed by atoms with E-state index in [1.165, 1.54) is 24.3 Å². The Bertz CT molecular complexity index is 1030. The van der Waals surface area contributed by atoms with Crippen molar-refractivity contribution in [3.8, 4) is 0 Å². The number of nitrogens with one attached hydrogen (secondary N) is 1. The summed E-state index contributed by atoms with van der Waals surface area (Å²) in [5.74, 6) is -0.937. The molecule has 0 bridgehead atoms. The molecule has 3 rings (SSSR count). The fourth-order valence-electron chi connectivity index (χ4n) is 3.10. The first-order valence-corrected chi connectivity index (χ1v) is 9.94. The zero-order valence-electron chi connectivity index (χ0n) is 17.4. The van der Waals surface area contributed by atoms with E-state index in [1.54, 1.807) is 4.90 Å². The molecule has 0 fully saturated rings. The number of para-hydroxylation sites is 1. The van der Waals surface area contributed by atoms with Crippen LogP contribution in [0, 0.1) is 0 Å². The molecule has 6 heteroatoms. The monoisotopic (exact) mass is 416 g/mol.